The molecule has 0 aromatic heterocycles. The summed E-state index contributed by atoms with van der Waals surface area (Å²) >= 11 is 12.6. The predicted molar refractivity (Wildman–Crippen MR) is 209 cm³/mol. The van der Waals surface area contributed by atoms with Gasteiger partial charge in [-0.15, -0.1) is 0 Å². The normalized spacial score (nSPS) is 12.4. The molecule has 9 heteroatoms. The number of ketones is 1. The van der Waals surface area contributed by atoms with E-state index in [1.165, 1.54) is 5.56 Å². The molecule has 0 spiro atoms. The fourth-order valence-corrected chi connectivity index (χ4v) is 7.05. The van der Waals surface area contributed by atoms with E-state index in [0.29, 0.717) is 27.7 Å². The summed E-state index contributed by atoms with van der Waals surface area (Å²) in [6, 6.07) is 34.7. The molecule has 1 amide bonds. The minimum absolute atomic E-state index is 0.00210. The van der Waals surface area contributed by atoms with Gasteiger partial charge >= 0.3 is 0 Å². The monoisotopic (exact) mass is 741 g/mol. The summed E-state index contributed by atoms with van der Waals surface area (Å²) in [4.78, 5) is 26.7. The van der Waals surface area contributed by atoms with Crippen molar-refractivity contribution in [2.45, 2.75) is 58.3 Å². The number of aryl methyl sites for hydroxylation is 1. The Morgan fingerprint density at radius 1 is 0.784 bits per heavy atom. The van der Waals surface area contributed by atoms with Gasteiger partial charge in [0.05, 0.1) is 11.7 Å². The van der Waals surface area contributed by atoms with Gasteiger partial charge in [0.15, 0.2) is 5.78 Å². The SMILES string of the molecule is Cc1cc(NC(=O)C(Cc2ccc(C(=O)CCCS(=O)(=O)O)cc2)c2ccc(-c3ccc(C(C)(C)C)cc3)cc2)ccc1-c1ccc(Cl)cc1Cl. The van der Waals surface area contributed by atoms with Gasteiger partial charge in [-0.2, -0.15) is 8.42 Å². The molecule has 5 aromatic carbocycles. The predicted octanol–water partition coefficient (Wildman–Crippen LogP) is 10.7. The molecule has 6 nitrogen and oxygen atoms in total. The zero-order valence-corrected chi connectivity index (χ0v) is 31.4. The zero-order valence-electron chi connectivity index (χ0n) is 29.0. The third-order valence-corrected chi connectivity index (χ3v) is 10.3. The fourth-order valence-electron chi connectivity index (χ4n) is 6.04. The Hall–Kier alpha value is -4.27. The summed E-state index contributed by atoms with van der Waals surface area (Å²) < 4.78 is 31.0. The van der Waals surface area contributed by atoms with E-state index in [4.69, 9.17) is 27.8 Å². The Balaban J connectivity index is 1.39. The van der Waals surface area contributed by atoms with Gasteiger partial charge in [0, 0.05) is 33.3 Å². The number of Topliss-reactive ketones (excluding diaryl/α,β-unsaturated/α-hetero) is 1. The lowest BCUT2D eigenvalue weighted by atomic mass is 9.86. The highest BCUT2D eigenvalue weighted by Gasteiger charge is 2.23. The minimum atomic E-state index is -4.13. The Kier molecular flexibility index (Phi) is 11.9. The average molecular weight is 743 g/mol. The number of rotatable bonds is 12. The van der Waals surface area contributed by atoms with Crippen LogP contribution in [0.15, 0.2) is 109 Å². The summed E-state index contributed by atoms with van der Waals surface area (Å²) in [5.41, 5.74) is 8.95. The summed E-state index contributed by atoms with van der Waals surface area (Å²) in [5, 5.41) is 4.22. The second kappa shape index (κ2) is 16.0. The first-order valence-electron chi connectivity index (χ1n) is 16.7. The molecular formula is C42H41Cl2NO5S. The fraction of sp³-hybridized carbons (Fsp3) is 0.238. The highest BCUT2D eigenvalue weighted by Crippen LogP contribution is 2.34. The lowest BCUT2D eigenvalue weighted by Crippen LogP contribution is -2.23. The van der Waals surface area contributed by atoms with Crippen LogP contribution in [-0.4, -0.2) is 30.4 Å². The maximum Gasteiger partial charge on any atom is 0.264 e. The number of carbonyl (C=O) groups excluding carboxylic acids is 2. The number of hydrogen-bond donors (Lipinski definition) is 2. The number of halogens is 2. The van der Waals surface area contributed by atoms with E-state index in [1.807, 2.05) is 67.6 Å². The van der Waals surface area contributed by atoms with E-state index >= 15 is 0 Å². The van der Waals surface area contributed by atoms with Gasteiger partial charge in [-0.1, -0.05) is 129 Å². The molecule has 0 bridgehead atoms. The van der Waals surface area contributed by atoms with Crippen molar-refractivity contribution < 1.29 is 22.6 Å². The Morgan fingerprint density at radius 3 is 1.96 bits per heavy atom. The van der Waals surface area contributed by atoms with Crippen LogP contribution >= 0.6 is 23.2 Å². The number of nitrogens with one attached hydrogen (secondary N) is 1. The van der Waals surface area contributed by atoms with Crippen LogP contribution in [0.1, 0.15) is 72.1 Å². The number of hydrogen-bond acceptors (Lipinski definition) is 4. The van der Waals surface area contributed by atoms with Crippen LogP contribution in [0.4, 0.5) is 5.69 Å². The molecule has 0 saturated heterocycles. The van der Waals surface area contributed by atoms with Crippen molar-refractivity contribution in [1.82, 2.24) is 0 Å². The van der Waals surface area contributed by atoms with E-state index in [-0.39, 0.29) is 29.9 Å². The summed E-state index contributed by atoms with van der Waals surface area (Å²) in [6.45, 7) is 8.52. The van der Waals surface area contributed by atoms with Gasteiger partial charge in [-0.3, -0.25) is 14.1 Å². The van der Waals surface area contributed by atoms with Gasteiger partial charge in [-0.05, 0) is 88.4 Å². The van der Waals surface area contributed by atoms with Gasteiger partial charge < -0.3 is 5.32 Å². The van der Waals surface area contributed by atoms with Gasteiger partial charge in [0.2, 0.25) is 5.91 Å². The molecule has 0 aliphatic rings. The van der Waals surface area contributed by atoms with Gasteiger partial charge in [-0.25, -0.2) is 0 Å². The quantitative estimate of drug-likeness (QED) is 0.0979. The standard InChI is InChI=1S/C42H41Cl2NO5S/c1-27-24-35(20-22-36(27)37-21-19-34(43)26-39(37)44)45-41(47)38(25-28-7-9-32(10-8-28)40(46)6-5-23-51(48,49)50)31-13-11-29(12-14-31)30-15-17-33(18-16-30)42(2,3)4/h7-22,24,26,38H,5-6,23,25H2,1-4H3,(H,45,47)(H,48,49,50). The lowest BCUT2D eigenvalue weighted by Gasteiger charge is -2.20. The first-order valence-corrected chi connectivity index (χ1v) is 19.1. The highest BCUT2D eigenvalue weighted by molar-refractivity contribution is 7.85. The number of amides is 1. The van der Waals surface area contributed by atoms with Crippen molar-refractivity contribution in [1.29, 1.82) is 0 Å². The molecule has 0 fully saturated rings. The van der Waals surface area contributed by atoms with Gasteiger partial charge in [0.1, 0.15) is 0 Å². The molecule has 51 heavy (non-hydrogen) atoms. The van der Waals surface area contributed by atoms with Crippen LogP contribution < -0.4 is 5.32 Å². The molecule has 0 saturated carbocycles. The Morgan fingerprint density at radius 2 is 1.39 bits per heavy atom. The smallest absolute Gasteiger partial charge is 0.264 e. The van der Waals surface area contributed by atoms with Crippen LogP contribution in [0, 0.1) is 6.92 Å². The van der Waals surface area contributed by atoms with E-state index < -0.39 is 21.8 Å². The van der Waals surface area contributed by atoms with E-state index in [2.05, 4.69) is 50.4 Å². The molecule has 0 aliphatic heterocycles. The van der Waals surface area contributed by atoms with Crippen LogP contribution in [0.3, 0.4) is 0 Å². The first-order chi connectivity index (χ1) is 24.1. The molecule has 264 valence electrons. The van der Waals surface area contributed by atoms with Crippen LogP contribution in [0.2, 0.25) is 10.0 Å². The summed E-state index contributed by atoms with van der Waals surface area (Å²) in [6.07, 6.45) is 0.406. The number of carbonyl (C=O) groups is 2. The van der Waals surface area contributed by atoms with Crippen LogP contribution in [0.5, 0.6) is 0 Å². The average Bonchev–Trinajstić information content (AvgIpc) is 3.07. The second-order valence-electron chi connectivity index (χ2n) is 13.9. The molecule has 0 heterocycles. The molecule has 0 aliphatic carbocycles. The molecule has 1 unspecified atom stereocenters. The largest absolute Gasteiger partial charge is 0.326 e. The summed E-state index contributed by atoms with van der Waals surface area (Å²) in [5.74, 6) is -1.42. The van der Waals surface area contributed by atoms with E-state index in [0.717, 1.165) is 38.9 Å². The molecule has 2 N–H and O–H groups in total. The second-order valence-corrected chi connectivity index (χ2v) is 16.3. The lowest BCUT2D eigenvalue weighted by molar-refractivity contribution is -0.117. The molecule has 5 rings (SSSR count). The maximum atomic E-state index is 14.1. The molecular weight excluding hydrogens is 701 g/mol. The number of anilines is 1. The van der Waals surface area contributed by atoms with Crippen molar-refractivity contribution in [2.75, 3.05) is 11.1 Å². The van der Waals surface area contributed by atoms with Crippen molar-refractivity contribution in [2.24, 2.45) is 0 Å². The van der Waals surface area contributed by atoms with Crippen molar-refractivity contribution in [3.05, 3.63) is 147 Å². The third kappa shape index (κ3) is 10.2. The third-order valence-electron chi connectivity index (χ3n) is 8.95. The maximum absolute atomic E-state index is 14.1. The molecule has 5 aromatic rings. The van der Waals surface area contributed by atoms with Crippen LogP contribution in [0.25, 0.3) is 22.3 Å². The first kappa shape index (κ1) is 38.0. The van der Waals surface area contributed by atoms with E-state index in [9.17, 15) is 18.0 Å². The minimum Gasteiger partial charge on any atom is -0.326 e. The van der Waals surface area contributed by atoms with E-state index in [1.54, 1.807) is 24.3 Å². The van der Waals surface area contributed by atoms with Crippen LogP contribution in [-0.2, 0) is 26.7 Å². The topological polar surface area (TPSA) is 101 Å². The van der Waals surface area contributed by atoms with Crippen molar-refractivity contribution >= 4 is 50.7 Å². The molecule has 0 radical (unpaired) electrons. The van der Waals surface area contributed by atoms with Gasteiger partial charge in [0.25, 0.3) is 10.1 Å². The zero-order chi connectivity index (χ0) is 36.9. The Labute approximate surface area is 310 Å². The van der Waals surface area contributed by atoms with Crippen molar-refractivity contribution in [3.8, 4) is 22.3 Å². The summed E-state index contributed by atoms with van der Waals surface area (Å²) in [7, 11) is -4.13. The molecule has 1 atom stereocenters. The number of benzene rings is 5. The highest BCUT2D eigenvalue weighted by atomic mass is 35.5. The van der Waals surface area contributed by atoms with Crippen molar-refractivity contribution in [3.63, 3.8) is 0 Å². The Bertz CT molecular complexity index is 2140.